The van der Waals surface area contributed by atoms with E-state index in [0.717, 1.165) is 10.7 Å². The number of aliphatic hydroxyl groups is 1. The van der Waals surface area contributed by atoms with E-state index in [1.165, 1.54) is 4.88 Å². The van der Waals surface area contributed by atoms with Gasteiger partial charge in [-0.15, -0.1) is 11.3 Å². The maximum absolute atomic E-state index is 8.86. The summed E-state index contributed by atoms with van der Waals surface area (Å²) in [5, 5.41) is 12.8. The lowest BCUT2D eigenvalue weighted by atomic mass is 10.2. The third kappa shape index (κ3) is 1.83. The van der Waals surface area contributed by atoms with Crippen molar-refractivity contribution < 1.29 is 5.11 Å². The van der Waals surface area contributed by atoms with Crippen molar-refractivity contribution in [3.63, 3.8) is 0 Å². The molecule has 3 nitrogen and oxygen atoms in total. The van der Waals surface area contributed by atoms with E-state index in [1.807, 2.05) is 14.0 Å². The van der Waals surface area contributed by atoms with E-state index in [4.69, 9.17) is 5.11 Å². The molecule has 0 aliphatic carbocycles. The number of aryl methyl sites for hydroxylation is 1. The van der Waals surface area contributed by atoms with E-state index >= 15 is 0 Å². The average Bonchev–Trinajstić information content (AvgIpc) is 2.45. The van der Waals surface area contributed by atoms with Crippen LogP contribution in [0.3, 0.4) is 0 Å². The van der Waals surface area contributed by atoms with Gasteiger partial charge in [0.15, 0.2) is 0 Å². The van der Waals surface area contributed by atoms with E-state index < -0.39 is 0 Å². The minimum absolute atomic E-state index is 0.0436. The van der Waals surface area contributed by atoms with Crippen molar-refractivity contribution in [3.05, 3.63) is 15.6 Å². The Morgan fingerprint density at radius 2 is 2.33 bits per heavy atom. The van der Waals surface area contributed by atoms with Gasteiger partial charge in [-0.05, 0) is 20.9 Å². The molecule has 0 radical (unpaired) electrons. The number of aliphatic hydroxyl groups excluding tert-OH is 1. The van der Waals surface area contributed by atoms with E-state index in [2.05, 4.69) is 17.2 Å². The van der Waals surface area contributed by atoms with Gasteiger partial charge in [-0.3, -0.25) is 0 Å². The summed E-state index contributed by atoms with van der Waals surface area (Å²) in [7, 11) is 1.92. The van der Waals surface area contributed by atoms with Gasteiger partial charge < -0.3 is 10.4 Å². The monoisotopic (exact) mass is 186 g/mol. The lowest BCUT2D eigenvalue weighted by molar-refractivity contribution is 0.281. The standard InChI is InChI=1S/C8H14N2OS/c1-5(9-3)8-6(2)10-7(4-11)12-8/h5,9,11H,4H2,1-3H3. The Morgan fingerprint density at radius 3 is 2.75 bits per heavy atom. The highest BCUT2D eigenvalue weighted by Crippen LogP contribution is 2.24. The van der Waals surface area contributed by atoms with Gasteiger partial charge >= 0.3 is 0 Å². The molecule has 1 atom stereocenters. The van der Waals surface area contributed by atoms with Gasteiger partial charge in [0, 0.05) is 10.9 Å². The molecular formula is C8H14N2OS. The molecule has 0 spiro atoms. The van der Waals surface area contributed by atoms with Crippen molar-refractivity contribution in [1.82, 2.24) is 10.3 Å². The Hall–Kier alpha value is -0.450. The predicted molar refractivity (Wildman–Crippen MR) is 50.2 cm³/mol. The lowest BCUT2D eigenvalue weighted by Gasteiger charge is -2.06. The highest BCUT2D eigenvalue weighted by molar-refractivity contribution is 7.11. The van der Waals surface area contributed by atoms with Crippen LogP contribution >= 0.6 is 11.3 Å². The smallest absolute Gasteiger partial charge is 0.119 e. The van der Waals surface area contributed by atoms with Crippen LogP contribution in [0.4, 0.5) is 0 Å². The molecule has 1 rings (SSSR count). The average molecular weight is 186 g/mol. The summed E-state index contributed by atoms with van der Waals surface area (Å²) >= 11 is 1.57. The molecule has 0 saturated carbocycles. The maximum Gasteiger partial charge on any atom is 0.119 e. The second-order valence-electron chi connectivity index (χ2n) is 2.73. The highest BCUT2D eigenvalue weighted by atomic mass is 32.1. The third-order valence-electron chi connectivity index (χ3n) is 1.84. The number of nitrogens with zero attached hydrogens (tertiary/aromatic N) is 1. The first-order valence-corrected chi connectivity index (χ1v) is 4.75. The summed E-state index contributed by atoms with van der Waals surface area (Å²) in [6, 6.07) is 0.322. The first kappa shape index (κ1) is 9.64. The topological polar surface area (TPSA) is 45.1 Å². The van der Waals surface area contributed by atoms with Crippen molar-refractivity contribution in [1.29, 1.82) is 0 Å². The number of nitrogens with one attached hydrogen (secondary N) is 1. The fraction of sp³-hybridized carbons (Fsp3) is 0.625. The zero-order valence-corrected chi connectivity index (χ0v) is 8.40. The van der Waals surface area contributed by atoms with Crippen molar-refractivity contribution in [2.45, 2.75) is 26.5 Å². The van der Waals surface area contributed by atoms with Gasteiger partial charge in [-0.1, -0.05) is 0 Å². The Balaban J connectivity index is 2.91. The highest BCUT2D eigenvalue weighted by Gasteiger charge is 2.11. The zero-order chi connectivity index (χ0) is 9.14. The normalized spacial score (nSPS) is 13.3. The molecule has 1 aromatic heterocycles. The zero-order valence-electron chi connectivity index (χ0n) is 7.59. The third-order valence-corrected chi connectivity index (χ3v) is 3.16. The fourth-order valence-corrected chi connectivity index (χ4v) is 2.06. The summed E-state index contributed by atoms with van der Waals surface area (Å²) in [6.07, 6.45) is 0. The molecule has 68 valence electrons. The van der Waals surface area contributed by atoms with Crippen molar-refractivity contribution >= 4 is 11.3 Å². The Labute approximate surface area is 76.5 Å². The molecule has 4 heteroatoms. The number of aromatic nitrogens is 1. The molecule has 1 unspecified atom stereocenters. The molecule has 0 saturated heterocycles. The minimum Gasteiger partial charge on any atom is -0.389 e. The van der Waals surface area contributed by atoms with Crippen molar-refractivity contribution in [2.24, 2.45) is 0 Å². The lowest BCUT2D eigenvalue weighted by Crippen LogP contribution is -2.11. The van der Waals surface area contributed by atoms with Crippen LogP contribution in [-0.2, 0) is 6.61 Å². The van der Waals surface area contributed by atoms with Gasteiger partial charge in [0.05, 0.1) is 12.3 Å². The van der Waals surface area contributed by atoms with Crippen molar-refractivity contribution in [2.75, 3.05) is 7.05 Å². The summed E-state index contributed by atoms with van der Waals surface area (Å²) in [6.45, 7) is 4.10. The van der Waals surface area contributed by atoms with Gasteiger partial charge in [0.2, 0.25) is 0 Å². The number of hydrogen-bond donors (Lipinski definition) is 2. The molecule has 1 heterocycles. The molecule has 0 aromatic carbocycles. The van der Waals surface area contributed by atoms with Gasteiger partial charge in [0.25, 0.3) is 0 Å². The molecule has 0 fully saturated rings. The molecule has 0 aliphatic rings. The number of thiazole rings is 1. The van der Waals surface area contributed by atoms with Crippen LogP contribution < -0.4 is 5.32 Å². The summed E-state index contributed by atoms with van der Waals surface area (Å²) in [5.74, 6) is 0. The second-order valence-corrected chi connectivity index (χ2v) is 3.84. The molecule has 0 amide bonds. The van der Waals surface area contributed by atoms with Crippen LogP contribution in [0.15, 0.2) is 0 Å². The number of rotatable bonds is 3. The molecular weight excluding hydrogens is 172 g/mol. The maximum atomic E-state index is 8.86. The quantitative estimate of drug-likeness (QED) is 0.746. The molecule has 2 N–H and O–H groups in total. The Bertz CT molecular complexity index is 260. The Morgan fingerprint density at radius 1 is 1.67 bits per heavy atom. The first-order valence-electron chi connectivity index (χ1n) is 3.93. The summed E-state index contributed by atoms with van der Waals surface area (Å²) in [5.41, 5.74) is 1.02. The van der Waals surface area contributed by atoms with Crippen molar-refractivity contribution in [3.8, 4) is 0 Å². The molecule has 0 aliphatic heterocycles. The predicted octanol–water partition coefficient (Wildman–Crippen LogP) is 1.22. The first-order chi connectivity index (χ1) is 5.69. The second kappa shape index (κ2) is 3.98. The Kier molecular flexibility index (Phi) is 3.20. The summed E-state index contributed by atoms with van der Waals surface area (Å²) in [4.78, 5) is 5.44. The van der Waals surface area contributed by atoms with Crippen LogP contribution in [0, 0.1) is 6.92 Å². The number of hydrogen-bond acceptors (Lipinski definition) is 4. The van der Waals surface area contributed by atoms with E-state index in [9.17, 15) is 0 Å². The van der Waals surface area contributed by atoms with Crippen LogP contribution in [0.1, 0.15) is 28.5 Å². The largest absolute Gasteiger partial charge is 0.389 e. The minimum atomic E-state index is 0.0436. The molecule has 12 heavy (non-hydrogen) atoms. The fourth-order valence-electron chi connectivity index (χ4n) is 1.07. The van der Waals surface area contributed by atoms with E-state index in [0.29, 0.717) is 6.04 Å². The van der Waals surface area contributed by atoms with Crippen LogP contribution in [0.5, 0.6) is 0 Å². The summed E-state index contributed by atoms with van der Waals surface area (Å²) < 4.78 is 0. The van der Waals surface area contributed by atoms with E-state index in [1.54, 1.807) is 11.3 Å². The van der Waals surface area contributed by atoms with Gasteiger partial charge in [-0.25, -0.2) is 4.98 Å². The van der Waals surface area contributed by atoms with Gasteiger partial charge in [-0.2, -0.15) is 0 Å². The van der Waals surface area contributed by atoms with E-state index in [-0.39, 0.29) is 6.61 Å². The molecule has 1 aromatic rings. The van der Waals surface area contributed by atoms with Crippen LogP contribution in [0.2, 0.25) is 0 Å². The molecule has 0 bridgehead atoms. The SMILES string of the molecule is CNC(C)c1sc(CO)nc1C. The van der Waals surface area contributed by atoms with Gasteiger partial charge in [0.1, 0.15) is 5.01 Å². The van der Waals surface area contributed by atoms with Crippen LogP contribution in [-0.4, -0.2) is 17.1 Å². The van der Waals surface area contributed by atoms with Crippen LogP contribution in [0.25, 0.3) is 0 Å².